The zero-order valence-corrected chi connectivity index (χ0v) is 29.7. The average molecular weight is 725 g/mol. The number of carbonyl (C=O) groups is 2. The number of nitrogens with one attached hydrogen (secondary N) is 1. The molecule has 0 aromatic heterocycles. The van der Waals surface area contributed by atoms with Crippen LogP contribution in [-0.2, 0) is 32.6 Å². The van der Waals surface area contributed by atoms with Gasteiger partial charge < -0.3 is 19.7 Å². The van der Waals surface area contributed by atoms with Gasteiger partial charge in [-0.2, -0.15) is 0 Å². The third-order valence-electron chi connectivity index (χ3n) is 8.58. The van der Waals surface area contributed by atoms with Crippen LogP contribution in [0.4, 0.5) is 5.69 Å². The van der Waals surface area contributed by atoms with Gasteiger partial charge in [0.05, 0.1) is 34.8 Å². The van der Waals surface area contributed by atoms with Crippen LogP contribution in [0.25, 0.3) is 0 Å². The minimum atomic E-state index is -4.34. The molecule has 1 atom stereocenters. The highest BCUT2D eigenvalue weighted by Gasteiger charge is 2.36. The van der Waals surface area contributed by atoms with Crippen LogP contribution in [0.15, 0.2) is 102 Å². The van der Waals surface area contributed by atoms with Crippen LogP contribution in [0, 0.1) is 0 Å². The quantitative estimate of drug-likeness (QED) is 0.152. The molecule has 2 amide bonds. The van der Waals surface area contributed by atoms with E-state index in [1.165, 1.54) is 37.3 Å². The number of anilines is 1. The molecule has 1 fully saturated rings. The van der Waals surface area contributed by atoms with Gasteiger partial charge in [0.1, 0.15) is 12.6 Å². The molecule has 1 aliphatic carbocycles. The van der Waals surface area contributed by atoms with E-state index in [0.717, 1.165) is 35.6 Å². The summed E-state index contributed by atoms with van der Waals surface area (Å²) < 4.78 is 40.5. The number of rotatable bonds is 14. The maximum Gasteiger partial charge on any atom is 0.264 e. The standard InChI is InChI=1S/C37H39Cl2N3O6S/c1-47-34-20-18-30(23-35(34)48-2)49(45,46)42(29-15-7-4-8-16-29)25-36(43)41(24-27-17-19-31(38)32(39)21-27)33(22-26-11-5-3-6-12-26)37(44)40-28-13-9-10-14-28/h3-8,11-12,15-21,23,28,33H,9-10,13-14,22,24-25H2,1-2H3,(H,40,44)/t33-/m0/s1. The van der Waals surface area contributed by atoms with Gasteiger partial charge in [-0.1, -0.05) is 90.6 Å². The first-order valence-electron chi connectivity index (χ1n) is 16.0. The predicted molar refractivity (Wildman–Crippen MR) is 192 cm³/mol. The van der Waals surface area contributed by atoms with Crippen molar-refractivity contribution >= 4 is 50.7 Å². The summed E-state index contributed by atoms with van der Waals surface area (Å²) in [5, 5.41) is 3.81. The monoisotopic (exact) mass is 723 g/mol. The number of nitrogens with zero attached hydrogens (tertiary/aromatic N) is 2. The second kappa shape index (κ2) is 16.4. The normalized spacial score (nSPS) is 13.8. The summed E-state index contributed by atoms with van der Waals surface area (Å²) >= 11 is 12.6. The highest BCUT2D eigenvalue weighted by molar-refractivity contribution is 7.92. The molecule has 0 radical (unpaired) electrons. The minimum absolute atomic E-state index is 0.000973. The van der Waals surface area contributed by atoms with Gasteiger partial charge in [-0.15, -0.1) is 0 Å². The van der Waals surface area contributed by atoms with Gasteiger partial charge in [0.2, 0.25) is 11.8 Å². The summed E-state index contributed by atoms with van der Waals surface area (Å²) in [5.41, 5.74) is 1.75. The molecule has 0 unspecified atom stereocenters. The second-order valence-electron chi connectivity index (χ2n) is 11.8. The van der Waals surface area contributed by atoms with Crippen molar-refractivity contribution in [2.24, 2.45) is 0 Å². The molecule has 4 aromatic rings. The van der Waals surface area contributed by atoms with Gasteiger partial charge in [-0.05, 0) is 60.4 Å². The average Bonchev–Trinajstić information content (AvgIpc) is 3.63. The first-order valence-corrected chi connectivity index (χ1v) is 18.2. The molecule has 0 bridgehead atoms. The molecule has 0 saturated heterocycles. The maximum atomic E-state index is 14.7. The van der Waals surface area contributed by atoms with Crippen molar-refractivity contribution < 1.29 is 27.5 Å². The van der Waals surface area contributed by atoms with Gasteiger partial charge >= 0.3 is 0 Å². The van der Waals surface area contributed by atoms with E-state index in [-0.39, 0.29) is 41.2 Å². The number of halogens is 2. The number of hydrogen-bond acceptors (Lipinski definition) is 6. The van der Waals surface area contributed by atoms with E-state index in [4.69, 9.17) is 32.7 Å². The third-order valence-corrected chi connectivity index (χ3v) is 11.1. The van der Waals surface area contributed by atoms with Crippen molar-refractivity contribution in [2.75, 3.05) is 25.1 Å². The molecule has 1 aliphatic rings. The molecule has 0 aliphatic heterocycles. The van der Waals surface area contributed by atoms with Crippen molar-refractivity contribution in [3.63, 3.8) is 0 Å². The van der Waals surface area contributed by atoms with E-state index in [0.29, 0.717) is 21.4 Å². The molecular weight excluding hydrogens is 685 g/mol. The van der Waals surface area contributed by atoms with Crippen LogP contribution in [-0.4, -0.2) is 58.0 Å². The molecule has 1 saturated carbocycles. The largest absolute Gasteiger partial charge is 0.493 e. The van der Waals surface area contributed by atoms with E-state index < -0.39 is 28.5 Å². The Bertz CT molecular complexity index is 1850. The van der Waals surface area contributed by atoms with Crippen molar-refractivity contribution in [1.82, 2.24) is 10.2 Å². The lowest BCUT2D eigenvalue weighted by atomic mass is 10.0. The van der Waals surface area contributed by atoms with Crippen LogP contribution in [0.1, 0.15) is 36.8 Å². The number of para-hydroxylation sites is 1. The highest BCUT2D eigenvalue weighted by atomic mass is 35.5. The summed E-state index contributed by atoms with van der Waals surface area (Å²) in [6.45, 7) is -0.617. The molecule has 0 spiro atoms. The fourth-order valence-electron chi connectivity index (χ4n) is 5.98. The van der Waals surface area contributed by atoms with Crippen LogP contribution in [0.5, 0.6) is 11.5 Å². The summed E-state index contributed by atoms with van der Waals surface area (Å²) in [7, 11) is -1.47. The Morgan fingerprint density at radius 2 is 1.47 bits per heavy atom. The number of methoxy groups -OCH3 is 2. The number of amides is 2. The number of benzene rings is 4. The molecule has 5 rings (SSSR count). The highest BCUT2D eigenvalue weighted by Crippen LogP contribution is 2.33. The zero-order chi connectivity index (χ0) is 35.0. The fraction of sp³-hybridized carbons (Fsp3) is 0.297. The molecule has 0 heterocycles. The van der Waals surface area contributed by atoms with E-state index in [1.807, 2.05) is 30.3 Å². The second-order valence-corrected chi connectivity index (χ2v) is 14.5. The van der Waals surface area contributed by atoms with Crippen LogP contribution in [0.2, 0.25) is 10.0 Å². The van der Waals surface area contributed by atoms with Crippen LogP contribution < -0.4 is 19.1 Å². The summed E-state index contributed by atoms with van der Waals surface area (Å²) in [5.74, 6) is -0.316. The van der Waals surface area contributed by atoms with Crippen molar-refractivity contribution in [2.45, 2.75) is 55.6 Å². The Hall–Kier alpha value is -4.25. The van der Waals surface area contributed by atoms with E-state index >= 15 is 0 Å². The first kappa shape index (κ1) is 36.0. The van der Waals surface area contributed by atoms with Crippen molar-refractivity contribution in [3.8, 4) is 11.5 Å². The Kier molecular flexibility index (Phi) is 12.1. The van der Waals surface area contributed by atoms with Gasteiger partial charge in [0, 0.05) is 25.1 Å². The molecule has 1 N–H and O–H groups in total. The van der Waals surface area contributed by atoms with Gasteiger partial charge in [-0.3, -0.25) is 13.9 Å². The van der Waals surface area contributed by atoms with E-state index in [2.05, 4.69) is 5.32 Å². The molecule has 258 valence electrons. The summed E-state index contributed by atoms with van der Waals surface area (Å²) in [6, 6.07) is 26.1. The third kappa shape index (κ3) is 8.86. The molecule has 4 aromatic carbocycles. The zero-order valence-electron chi connectivity index (χ0n) is 27.4. The molecule has 12 heteroatoms. The lowest BCUT2D eigenvalue weighted by molar-refractivity contribution is -0.140. The van der Waals surface area contributed by atoms with Crippen molar-refractivity contribution in [3.05, 3.63) is 118 Å². The fourth-order valence-corrected chi connectivity index (χ4v) is 7.73. The van der Waals surface area contributed by atoms with E-state index in [1.54, 1.807) is 48.5 Å². The minimum Gasteiger partial charge on any atom is -0.493 e. The Morgan fingerprint density at radius 3 is 2.10 bits per heavy atom. The Balaban J connectivity index is 1.58. The van der Waals surface area contributed by atoms with Gasteiger partial charge in [-0.25, -0.2) is 8.42 Å². The summed E-state index contributed by atoms with van der Waals surface area (Å²) in [4.78, 5) is 30.2. The lowest BCUT2D eigenvalue weighted by Crippen LogP contribution is -2.54. The first-order chi connectivity index (χ1) is 23.6. The summed E-state index contributed by atoms with van der Waals surface area (Å²) in [6.07, 6.45) is 3.95. The molecule has 9 nitrogen and oxygen atoms in total. The Morgan fingerprint density at radius 1 is 0.816 bits per heavy atom. The SMILES string of the molecule is COc1ccc(S(=O)(=O)N(CC(=O)N(Cc2ccc(Cl)c(Cl)c2)[C@@H](Cc2ccccc2)C(=O)NC2CCCC2)c2ccccc2)cc1OC. The number of ether oxygens (including phenoxy) is 2. The van der Waals surface area contributed by atoms with Crippen LogP contribution >= 0.6 is 23.2 Å². The number of sulfonamides is 1. The lowest BCUT2D eigenvalue weighted by Gasteiger charge is -2.34. The number of carbonyl (C=O) groups excluding carboxylic acids is 2. The predicted octanol–water partition coefficient (Wildman–Crippen LogP) is 6.90. The van der Waals surface area contributed by atoms with E-state index in [9.17, 15) is 18.0 Å². The topological polar surface area (TPSA) is 105 Å². The van der Waals surface area contributed by atoms with Crippen LogP contribution in [0.3, 0.4) is 0 Å². The maximum absolute atomic E-state index is 14.7. The molecule has 49 heavy (non-hydrogen) atoms. The Labute approximate surface area is 297 Å². The molecular formula is C37H39Cl2N3O6S. The number of hydrogen-bond donors (Lipinski definition) is 1. The smallest absolute Gasteiger partial charge is 0.264 e. The van der Waals surface area contributed by atoms with Crippen molar-refractivity contribution in [1.29, 1.82) is 0 Å². The van der Waals surface area contributed by atoms with Gasteiger partial charge in [0.15, 0.2) is 11.5 Å². The van der Waals surface area contributed by atoms with Gasteiger partial charge in [0.25, 0.3) is 10.0 Å².